The number of amides is 1. The Morgan fingerprint density at radius 3 is 2.34 bits per heavy atom. The molecule has 0 radical (unpaired) electrons. The van der Waals surface area contributed by atoms with Crippen molar-refractivity contribution in [3.63, 3.8) is 0 Å². The van der Waals surface area contributed by atoms with Crippen LogP contribution in [0.4, 0.5) is 4.39 Å². The molecule has 0 aliphatic rings. The SMILES string of the molecule is COc1ccc(S(=O)(=O)NC(CC(C)C)C(=O)NCCc2ccccc2F)cc1. The predicted molar refractivity (Wildman–Crippen MR) is 110 cm³/mol. The number of halogens is 1. The van der Waals surface area contributed by atoms with Crippen molar-refractivity contribution in [2.45, 2.75) is 37.6 Å². The first-order valence-corrected chi connectivity index (χ1v) is 10.9. The van der Waals surface area contributed by atoms with Gasteiger partial charge in [0.2, 0.25) is 15.9 Å². The van der Waals surface area contributed by atoms with E-state index < -0.39 is 22.0 Å². The molecule has 0 aliphatic carbocycles. The topological polar surface area (TPSA) is 84.5 Å². The van der Waals surface area contributed by atoms with Crippen LogP contribution in [-0.2, 0) is 21.2 Å². The Morgan fingerprint density at radius 1 is 1.10 bits per heavy atom. The molecule has 0 heterocycles. The molecule has 1 unspecified atom stereocenters. The van der Waals surface area contributed by atoms with Crippen LogP contribution in [0.1, 0.15) is 25.8 Å². The van der Waals surface area contributed by atoms with Gasteiger partial charge in [0.15, 0.2) is 0 Å². The normalized spacial score (nSPS) is 12.6. The van der Waals surface area contributed by atoms with Crippen molar-refractivity contribution in [3.05, 3.63) is 59.9 Å². The number of hydrogen-bond donors (Lipinski definition) is 2. The van der Waals surface area contributed by atoms with Gasteiger partial charge in [-0.05, 0) is 54.7 Å². The minimum Gasteiger partial charge on any atom is -0.497 e. The standard InChI is InChI=1S/C21H27FN2O4S/c1-15(2)14-20(21(25)23-13-12-16-6-4-5-7-19(16)22)24-29(26,27)18-10-8-17(28-3)9-11-18/h4-11,15,20,24H,12-14H2,1-3H3,(H,23,25). The molecule has 0 fully saturated rings. The quantitative estimate of drug-likeness (QED) is 0.617. The van der Waals surface area contributed by atoms with Crippen molar-refractivity contribution < 1.29 is 22.3 Å². The van der Waals surface area contributed by atoms with Crippen LogP contribution < -0.4 is 14.8 Å². The van der Waals surface area contributed by atoms with Crippen molar-refractivity contribution in [2.75, 3.05) is 13.7 Å². The highest BCUT2D eigenvalue weighted by Gasteiger charge is 2.26. The predicted octanol–water partition coefficient (Wildman–Crippen LogP) is 2.89. The van der Waals surface area contributed by atoms with E-state index in [0.29, 0.717) is 24.2 Å². The molecule has 2 N–H and O–H groups in total. The monoisotopic (exact) mass is 422 g/mol. The van der Waals surface area contributed by atoms with Crippen molar-refractivity contribution in [1.29, 1.82) is 0 Å². The molecule has 1 atom stereocenters. The van der Waals surface area contributed by atoms with E-state index in [9.17, 15) is 17.6 Å². The lowest BCUT2D eigenvalue weighted by atomic mass is 10.0. The highest BCUT2D eigenvalue weighted by molar-refractivity contribution is 7.89. The van der Waals surface area contributed by atoms with Crippen LogP contribution in [0.2, 0.25) is 0 Å². The summed E-state index contributed by atoms with van der Waals surface area (Å²) >= 11 is 0. The van der Waals surface area contributed by atoms with Crippen molar-refractivity contribution in [3.8, 4) is 5.75 Å². The molecule has 1 amide bonds. The Kier molecular flexibility index (Phi) is 8.16. The maximum Gasteiger partial charge on any atom is 0.241 e. The van der Waals surface area contributed by atoms with E-state index in [2.05, 4.69) is 10.0 Å². The van der Waals surface area contributed by atoms with Gasteiger partial charge in [0, 0.05) is 6.54 Å². The van der Waals surface area contributed by atoms with Crippen molar-refractivity contribution in [1.82, 2.24) is 10.0 Å². The van der Waals surface area contributed by atoms with Gasteiger partial charge in [0.25, 0.3) is 0 Å². The summed E-state index contributed by atoms with van der Waals surface area (Å²) in [5.74, 6) is -0.141. The first-order chi connectivity index (χ1) is 13.7. The lowest BCUT2D eigenvalue weighted by Gasteiger charge is -2.20. The van der Waals surface area contributed by atoms with Gasteiger partial charge >= 0.3 is 0 Å². The second-order valence-corrected chi connectivity index (χ2v) is 8.83. The van der Waals surface area contributed by atoms with E-state index in [4.69, 9.17) is 4.74 Å². The number of carbonyl (C=O) groups is 1. The number of benzene rings is 2. The summed E-state index contributed by atoms with van der Waals surface area (Å²) in [6.45, 7) is 4.02. The number of nitrogens with one attached hydrogen (secondary N) is 2. The van der Waals surface area contributed by atoms with Crippen LogP contribution in [-0.4, -0.2) is 34.0 Å². The first-order valence-electron chi connectivity index (χ1n) is 9.40. The van der Waals surface area contributed by atoms with Crippen LogP contribution in [0.25, 0.3) is 0 Å². The zero-order valence-electron chi connectivity index (χ0n) is 16.8. The van der Waals surface area contributed by atoms with E-state index in [0.717, 1.165) is 0 Å². The second-order valence-electron chi connectivity index (χ2n) is 7.11. The third kappa shape index (κ3) is 6.83. The molecule has 29 heavy (non-hydrogen) atoms. The largest absolute Gasteiger partial charge is 0.497 e. The Hall–Kier alpha value is -2.45. The molecule has 0 bridgehead atoms. The Morgan fingerprint density at radius 2 is 1.76 bits per heavy atom. The van der Waals surface area contributed by atoms with Gasteiger partial charge in [0.1, 0.15) is 17.6 Å². The van der Waals surface area contributed by atoms with Gasteiger partial charge in [-0.15, -0.1) is 0 Å². The highest BCUT2D eigenvalue weighted by atomic mass is 32.2. The summed E-state index contributed by atoms with van der Waals surface area (Å²) < 4.78 is 46.6. The van der Waals surface area contributed by atoms with Gasteiger partial charge in [0.05, 0.1) is 12.0 Å². The van der Waals surface area contributed by atoms with Crippen LogP contribution >= 0.6 is 0 Å². The second kappa shape index (κ2) is 10.4. The average molecular weight is 423 g/mol. The van der Waals surface area contributed by atoms with Gasteiger partial charge in [-0.1, -0.05) is 32.0 Å². The van der Waals surface area contributed by atoms with Crippen molar-refractivity contribution in [2.24, 2.45) is 5.92 Å². The molecule has 0 saturated heterocycles. The number of carbonyl (C=O) groups excluding carboxylic acids is 1. The number of hydrogen-bond acceptors (Lipinski definition) is 4. The van der Waals surface area contributed by atoms with Crippen LogP contribution in [0.3, 0.4) is 0 Å². The smallest absolute Gasteiger partial charge is 0.241 e. The Labute approximate surface area is 171 Å². The van der Waals surface area contributed by atoms with Crippen molar-refractivity contribution >= 4 is 15.9 Å². The van der Waals surface area contributed by atoms with E-state index in [-0.39, 0.29) is 23.2 Å². The average Bonchev–Trinajstić information content (AvgIpc) is 2.68. The summed E-state index contributed by atoms with van der Waals surface area (Å²) in [6.07, 6.45) is 0.652. The summed E-state index contributed by atoms with van der Waals surface area (Å²) in [7, 11) is -2.39. The summed E-state index contributed by atoms with van der Waals surface area (Å²) in [6, 6.07) is 11.3. The fourth-order valence-electron chi connectivity index (χ4n) is 2.83. The minimum atomic E-state index is -3.89. The fourth-order valence-corrected chi connectivity index (χ4v) is 4.04. The molecule has 6 nitrogen and oxygen atoms in total. The number of rotatable bonds is 10. The Balaban J connectivity index is 2.04. The molecular formula is C21H27FN2O4S. The van der Waals surface area contributed by atoms with E-state index in [1.165, 1.54) is 25.3 Å². The molecule has 158 valence electrons. The molecule has 0 saturated carbocycles. The number of methoxy groups -OCH3 is 1. The molecule has 2 aromatic carbocycles. The van der Waals surface area contributed by atoms with Crippen LogP contribution in [0, 0.1) is 11.7 Å². The summed E-state index contributed by atoms with van der Waals surface area (Å²) in [5, 5.41) is 2.70. The maximum atomic E-state index is 13.7. The van der Waals surface area contributed by atoms with Gasteiger partial charge in [-0.2, -0.15) is 4.72 Å². The van der Waals surface area contributed by atoms with Gasteiger partial charge in [-0.3, -0.25) is 4.79 Å². The number of ether oxygens (including phenoxy) is 1. The fraction of sp³-hybridized carbons (Fsp3) is 0.381. The highest BCUT2D eigenvalue weighted by Crippen LogP contribution is 2.17. The minimum absolute atomic E-state index is 0.0474. The Bertz CT molecular complexity index is 915. The zero-order chi connectivity index (χ0) is 21.4. The number of sulfonamides is 1. The zero-order valence-corrected chi connectivity index (χ0v) is 17.6. The summed E-state index contributed by atoms with van der Waals surface area (Å²) in [4.78, 5) is 12.7. The molecule has 2 rings (SSSR count). The maximum absolute atomic E-state index is 13.7. The lowest BCUT2D eigenvalue weighted by molar-refractivity contribution is -0.123. The van der Waals surface area contributed by atoms with E-state index >= 15 is 0 Å². The van der Waals surface area contributed by atoms with Crippen LogP contribution in [0.15, 0.2) is 53.4 Å². The third-order valence-corrected chi connectivity index (χ3v) is 5.83. The molecule has 0 aliphatic heterocycles. The summed E-state index contributed by atoms with van der Waals surface area (Å²) in [5.41, 5.74) is 0.493. The molecule has 0 aromatic heterocycles. The molecule has 8 heteroatoms. The lowest BCUT2D eigenvalue weighted by Crippen LogP contribution is -2.47. The van der Waals surface area contributed by atoms with Crippen LogP contribution in [0.5, 0.6) is 5.75 Å². The first kappa shape index (κ1) is 22.8. The molecule has 2 aromatic rings. The van der Waals surface area contributed by atoms with E-state index in [1.54, 1.807) is 30.3 Å². The molecule has 0 spiro atoms. The third-order valence-electron chi connectivity index (χ3n) is 4.34. The van der Waals surface area contributed by atoms with Gasteiger partial charge in [-0.25, -0.2) is 12.8 Å². The van der Waals surface area contributed by atoms with E-state index in [1.807, 2.05) is 13.8 Å². The molecular weight excluding hydrogens is 395 g/mol. The van der Waals surface area contributed by atoms with Gasteiger partial charge < -0.3 is 10.1 Å².